The Labute approximate surface area is 196 Å². The Bertz CT molecular complexity index is 1160. The third kappa shape index (κ3) is 3.24. The highest BCUT2D eigenvalue weighted by Crippen LogP contribution is 2.62. The van der Waals surface area contributed by atoms with Crippen molar-refractivity contribution in [1.82, 2.24) is 9.88 Å². The van der Waals surface area contributed by atoms with Gasteiger partial charge < -0.3 is 10.5 Å². The van der Waals surface area contributed by atoms with E-state index in [0.717, 1.165) is 5.56 Å². The van der Waals surface area contributed by atoms with Gasteiger partial charge in [0.15, 0.2) is 11.5 Å². The number of halogens is 3. The zero-order valence-electron chi connectivity index (χ0n) is 19.1. The van der Waals surface area contributed by atoms with Crippen LogP contribution in [0.15, 0.2) is 41.5 Å². The van der Waals surface area contributed by atoms with E-state index in [1.165, 1.54) is 11.1 Å². The lowest BCUT2D eigenvalue weighted by molar-refractivity contribution is -0.179. The molecule has 0 bridgehead atoms. The first-order valence-electron chi connectivity index (χ1n) is 11.6. The van der Waals surface area contributed by atoms with Gasteiger partial charge >= 0.3 is 6.61 Å². The molecule has 1 unspecified atom stereocenters. The summed E-state index contributed by atoms with van der Waals surface area (Å²) in [4.78, 5) is 24.2. The molecule has 1 amide bonds. The average molecular weight is 473 g/mol. The molecule has 2 heterocycles. The molecule has 9 heteroatoms. The second kappa shape index (κ2) is 8.08. The molecule has 1 atom stereocenters. The van der Waals surface area contributed by atoms with E-state index in [4.69, 9.17) is 15.5 Å². The summed E-state index contributed by atoms with van der Waals surface area (Å²) >= 11 is 0. The van der Waals surface area contributed by atoms with Crippen LogP contribution in [0.1, 0.15) is 50.7 Å². The van der Waals surface area contributed by atoms with Crippen molar-refractivity contribution in [3.05, 3.63) is 53.6 Å². The van der Waals surface area contributed by atoms with Crippen LogP contribution in [0.25, 0.3) is 11.1 Å². The molecule has 2 spiro atoms. The van der Waals surface area contributed by atoms with Crippen LogP contribution in [0.3, 0.4) is 0 Å². The molecule has 0 saturated heterocycles. The maximum absolute atomic E-state index is 14.5. The lowest BCUT2D eigenvalue weighted by Gasteiger charge is -2.45. The number of carbonyl (C=O) groups is 1. The number of carbonyl (C=O) groups excluding carboxylic acids is 1. The van der Waals surface area contributed by atoms with Crippen LogP contribution in [-0.4, -0.2) is 40.5 Å². The van der Waals surface area contributed by atoms with Gasteiger partial charge in [-0.25, -0.2) is 9.98 Å². The minimum atomic E-state index is -2.83. The van der Waals surface area contributed by atoms with E-state index in [1.807, 2.05) is 32.0 Å². The Kier molecular flexibility index (Phi) is 5.42. The Morgan fingerprint density at radius 2 is 1.94 bits per heavy atom. The number of rotatable bonds is 4. The number of pyridine rings is 1. The fraction of sp³-hybridized carbons (Fsp3) is 0.480. The van der Waals surface area contributed by atoms with Crippen molar-refractivity contribution in [3.8, 4) is 11.1 Å². The number of aliphatic imine (C=N–C) groups is 1. The summed E-state index contributed by atoms with van der Waals surface area (Å²) in [6.07, 6.45) is 3.16. The topological polar surface area (TPSA) is 80.8 Å². The zero-order chi connectivity index (χ0) is 24.3. The van der Waals surface area contributed by atoms with Gasteiger partial charge in [-0.2, -0.15) is 13.2 Å². The molecular weight excluding hydrogens is 445 g/mol. The Morgan fingerprint density at radius 3 is 2.56 bits per heavy atom. The third-order valence-electron chi connectivity index (χ3n) is 7.62. The second-order valence-electron chi connectivity index (χ2n) is 9.72. The van der Waals surface area contributed by atoms with Gasteiger partial charge in [0.2, 0.25) is 5.95 Å². The summed E-state index contributed by atoms with van der Waals surface area (Å²) in [6.45, 7) is 0.914. The number of benzene rings is 1. The van der Waals surface area contributed by atoms with Crippen molar-refractivity contribution in [2.75, 3.05) is 0 Å². The minimum absolute atomic E-state index is 0.149. The maximum Gasteiger partial charge on any atom is 0.345 e. The number of nitrogens with zero attached hydrogens (tertiary/aromatic N) is 3. The third-order valence-corrected chi connectivity index (χ3v) is 7.62. The van der Waals surface area contributed by atoms with Gasteiger partial charge in [-0.1, -0.05) is 12.1 Å². The van der Waals surface area contributed by atoms with Crippen LogP contribution >= 0.6 is 0 Å². The highest BCUT2D eigenvalue weighted by Gasteiger charge is 2.67. The Balaban J connectivity index is 1.64. The van der Waals surface area contributed by atoms with Crippen molar-refractivity contribution in [1.29, 1.82) is 0 Å². The summed E-state index contributed by atoms with van der Waals surface area (Å²) in [6, 6.07) is 8.66. The molecule has 34 heavy (non-hydrogen) atoms. The standard InChI is InChI=1S/C25H27F3N4O2/c1-14(2)32-21(33)25(31-23(32)29)19-12-15(18-4-3-11-30-20(18)26)5-6-16(19)13-24(25)9-7-17(8-10-24)34-22(27)28/h3-6,11-12,14,17,22H,7-10,13H2,1-2H3,(H2,29,31). The number of guanidine groups is 1. The normalized spacial score (nSPS) is 28.4. The van der Waals surface area contributed by atoms with Crippen LogP contribution in [0.4, 0.5) is 13.2 Å². The SMILES string of the molecule is CC(C)N1C(=O)C2(N=C1N)c1cc(-c3cccnc3F)ccc1CC21CCC(OC(F)F)CC1. The van der Waals surface area contributed by atoms with Crippen molar-refractivity contribution < 1.29 is 22.7 Å². The number of hydrogen-bond donors (Lipinski definition) is 1. The first kappa shape index (κ1) is 22.8. The van der Waals surface area contributed by atoms with E-state index in [9.17, 15) is 18.0 Å². The summed E-state index contributed by atoms with van der Waals surface area (Å²) in [5.41, 5.74) is 6.98. The van der Waals surface area contributed by atoms with E-state index >= 15 is 0 Å². The van der Waals surface area contributed by atoms with E-state index in [2.05, 4.69) is 4.98 Å². The van der Waals surface area contributed by atoms with Gasteiger partial charge in [0.05, 0.1) is 6.10 Å². The van der Waals surface area contributed by atoms with E-state index in [-0.39, 0.29) is 17.9 Å². The number of aromatic nitrogens is 1. The van der Waals surface area contributed by atoms with Gasteiger partial charge in [0.25, 0.3) is 5.91 Å². The van der Waals surface area contributed by atoms with Crippen LogP contribution < -0.4 is 5.73 Å². The maximum atomic E-state index is 14.5. The molecule has 1 aliphatic heterocycles. The molecule has 2 N–H and O–H groups in total. The average Bonchev–Trinajstić information content (AvgIpc) is 3.21. The monoisotopic (exact) mass is 472 g/mol. The molecular formula is C25H27F3N4O2. The summed E-state index contributed by atoms with van der Waals surface area (Å²) < 4.78 is 44.9. The number of alkyl halides is 2. The Morgan fingerprint density at radius 1 is 1.21 bits per heavy atom. The number of ether oxygens (including phenoxy) is 1. The summed E-state index contributed by atoms with van der Waals surface area (Å²) in [7, 11) is 0. The van der Waals surface area contributed by atoms with Gasteiger partial charge in [-0.3, -0.25) is 9.69 Å². The lowest BCUT2D eigenvalue weighted by atomic mass is 9.61. The molecule has 2 aromatic rings. The van der Waals surface area contributed by atoms with E-state index in [0.29, 0.717) is 48.8 Å². The molecule has 5 rings (SSSR count). The molecule has 1 saturated carbocycles. The minimum Gasteiger partial charge on any atom is -0.369 e. The largest absolute Gasteiger partial charge is 0.369 e. The fourth-order valence-electron chi connectivity index (χ4n) is 6.15. The number of fused-ring (bicyclic) bond motifs is 3. The van der Waals surface area contributed by atoms with Gasteiger partial charge in [-0.05, 0) is 80.8 Å². The molecule has 1 aromatic heterocycles. The van der Waals surface area contributed by atoms with Crippen LogP contribution in [-0.2, 0) is 21.5 Å². The summed E-state index contributed by atoms with van der Waals surface area (Å²) in [5, 5.41) is 0. The molecule has 180 valence electrons. The number of nitrogens with two attached hydrogens (primary N) is 1. The van der Waals surface area contributed by atoms with Crippen LogP contribution in [0.2, 0.25) is 0 Å². The first-order valence-corrected chi connectivity index (χ1v) is 11.6. The van der Waals surface area contributed by atoms with Gasteiger partial charge in [0.1, 0.15) is 0 Å². The van der Waals surface area contributed by atoms with Crippen molar-refractivity contribution in [2.45, 2.75) is 70.2 Å². The number of amides is 1. The highest BCUT2D eigenvalue weighted by atomic mass is 19.3. The summed E-state index contributed by atoms with van der Waals surface area (Å²) in [5.74, 6) is -0.662. The predicted octanol–water partition coefficient (Wildman–Crippen LogP) is 4.37. The van der Waals surface area contributed by atoms with Gasteiger partial charge in [-0.15, -0.1) is 0 Å². The molecule has 1 aromatic carbocycles. The van der Waals surface area contributed by atoms with E-state index in [1.54, 1.807) is 12.1 Å². The Hall–Kier alpha value is -2.94. The predicted molar refractivity (Wildman–Crippen MR) is 120 cm³/mol. The second-order valence-corrected chi connectivity index (χ2v) is 9.72. The fourth-order valence-corrected chi connectivity index (χ4v) is 6.15. The molecule has 2 aliphatic carbocycles. The number of hydrogen-bond acceptors (Lipinski definition) is 5. The van der Waals surface area contributed by atoms with Crippen LogP contribution in [0.5, 0.6) is 0 Å². The zero-order valence-corrected chi connectivity index (χ0v) is 19.1. The van der Waals surface area contributed by atoms with Crippen molar-refractivity contribution >= 4 is 11.9 Å². The van der Waals surface area contributed by atoms with Crippen molar-refractivity contribution in [2.24, 2.45) is 16.1 Å². The lowest BCUT2D eigenvalue weighted by Crippen LogP contribution is -2.53. The quantitative estimate of drug-likeness (QED) is 0.670. The molecule has 0 radical (unpaired) electrons. The molecule has 1 fully saturated rings. The highest BCUT2D eigenvalue weighted by molar-refractivity contribution is 6.08. The smallest absolute Gasteiger partial charge is 0.345 e. The van der Waals surface area contributed by atoms with Crippen molar-refractivity contribution in [3.63, 3.8) is 0 Å². The molecule has 3 aliphatic rings. The van der Waals surface area contributed by atoms with E-state index < -0.39 is 29.6 Å². The van der Waals surface area contributed by atoms with Crippen LogP contribution in [0, 0.1) is 11.4 Å². The molecule has 6 nitrogen and oxygen atoms in total. The first-order chi connectivity index (χ1) is 16.2. The van der Waals surface area contributed by atoms with Gasteiger partial charge in [0, 0.05) is 23.2 Å².